The molecule has 3 heterocycles. The van der Waals surface area contributed by atoms with E-state index in [4.69, 9.17) is 16.0 Å². The van der Waals surface area contributed by atoms with E-state index in [1.807, 2.05) is 31.2 Å². The molecule has 4 rings (SSSR count). The quantitative estimate of drug-likeness (QED) is 0.257. The van der Waals surface area contributed by atoms with Gasteiger partial charge in [-0.3, -0.25) is 0 Å². The average Bonchev–Trinajstić information content (AvgIpc) is 3.43. The normalized spacial score (nSPS) is 16.0. The fraction of sp³-hybridized carbons (Fsp3) is 0.348. The maximum Gasteiger partial charge on any atom is 0.216 e. The van der Waals surface area contributed by atoms with Crippen molar-refractivity contribution in [1.29, 1.82) is 0 Å². The molecule has 170 valence electrons. The largest absolute Gasteiger partial charge is 0.439 e. The van der Waals surface area contributed by atoms with E-state index in [2.05, 4.69) is 49.6 Å². The van der Waals surface area contributed by atoms with E-state index < -0.39 is 0 Å². The number of pyridine rings is 1. The third-order valence-electron chi connectivity index (χ3n) is 5.17. The monoisotopic (exact) mass is 566 g/mol. The van der Waals surface area contributed by atoms with Gasteiger partial charge in [-0.15, -0.1) is 24.0 Å². The summed E-state index contributed by atoms with van der Waals surface area (Å²) in [5.41, 5.74) is 2.22. The number of hydrogen-bond donors (Lipinski definition) is 2. The van der Waals surface area contributed by atoms with Gasteiger partial charge in [0.2, 0.25) is 5.89 Å². The number of aryl methyl sites for hydroxylation is 1. The summed E-state index contributed by atoms with van der Waals surface area (Å²) in [6.07, 6.45) is 4.50. The summed E-state index contributed by atoms with van der Waals surface area (Å²) < 4.78 is 5.89. The van der Waals surface area contributed by atoms with Crippen molar-refractivity contribution in [2.24, 2.45) is 4.99 Å². The third-order valence-corrected chi connectivity index (χ3v) is 5.47. The lowest BCUT2D eigenvalue weighted by Gasteiger charge is -2.20. The predicted octanol–water partition coefficient (Wildman–Crippen LogP) is 4.65. The number of nitrogens with one attached hydrogen (secondary N) is 2. The van der Waals surface area contributed by atoms with Gasteiger partial charge >= 0.3 is 0 Å². The minimum absolute atomic E-state index is 0. The van der Waals surface area contributed by atoms with Crippen molar-refractivity contribution < 1.29 is 4.42 Å². The van der Waals surface area contributed by atoms with E-state index in [1.54, 1.807) is 12.4 Å². The second kappa shape index (κ2) is 11.5. The summed E-state index contributed by atoms with van der Waals surface area (Å²) in [5.74, 6) is 2.92. The number of aliphatic imine (C=N–C) groups is 1. The molecule has 1 aliphatic rings. The van der Waals surface area contributed by atoms with Crippen molar-refractivity contribution in [2.45, 2.75) is 32.9 Å². The molecule has 1 aromatic carbocycles. The van der Waals surface area contributed by atoms with Gasteiger partial charge in [0, 0.05) is 37.4 Å². The SMILES string of the molecule is CCNC(=NCc1ncc(-c2ccc(C)cc2)o1)NC1CCN(c2ncccc2Cl)C1.I. The fourth-order valence-electron chi connectivity index (χ4n) is 3.58. The maximum atomic E-state index is 6.30. The van der Waals surface area contributed by atoms with Crippen LogP contribution in [0.1, 0.15) is 24.8 Å². The zero-order valence-electron chi connectivity index (χ0n) is 18.2. The van der Waals surface area contributed by atoms with Crippen LogP contribution in [0.5, 0.6) is 0 Å². The lowest BCUT2D eigenvalue weighted by Crippen LogP contribution is -2.44. The van der Waals surface area contributed by atoms with Gasteiger partial charge in [0.15, 0.2) is 11.7 Å². The summed E-state index contributed by atoms with van der Waals surface area (Å²) in [7, 11) is 0. The molecule has 0 aliphatic carbocycles. The van der Waals surface area contributed by atoms with E-state index in [9.17, 15) is 0 Å². The molecule has 32 heavy (non-hydrogen) atoms. The molecule has 0 spiro atoms. The van der Waals surface area contributed by atoms with Gasteiger partial charge in [0.1, 0.15) is 12.4 Å². The van der Waals surface area contributed by atoms with Crippen LogP contribution in [0, 0.1) is 6.92 Å². The molecular weight excluding hydrogens is 539 g/mol. The van der Waals surface area contributed by atoms with Crippen molar-refractivity contribution in [2.75, 3.05) is 24.5 Å². The van der Waals surface area contributed by atoms with Gasteiger partial charge < -0.3 is 20.0 Å². The van der Waals surface area contributed by atoms with E-state index in [0.29, 0.717) is 17.5 Å². The number of nitrogens with zero attached hydrogens (tertiary/aromatic N) is 4. The minimum atomic E-state index is 0. The molecule has 2 aromatic heterocycles. The number of anilines is 1. The van der Waals surface area contributed by atoms with Crippen LogP contribution in [-0.2, 0) is 6.54 Å². The molecule has 9 heteroatoms. The van der Waals surface area contributed by atoms with Crippen LogP contribution < -0.4 is 15.5 Å². The Hall–Kier alpha value is -2.33. The Bertz CT molecular complexity index is 1040. The molecule has 1 saturated heterocycles. The summed E-state index contributed by atoms with van der Waals surface area (Å²) in [5, 5.41) is 7.49. The van der Waals surface area contributed by atoms with Crippen LogP contribution >= 0.6 is 35.6 Å². The Morgan fingerprint density at radius 1 is 1.25 bits per heavy atom. The third kappa shape index (κ3) is 6.13. The van der Waals surface area contributed by atoms with Crippen LogP contribution in [-0.4, -0.2) is 41.6 Å². The highest BCUT2D eigenvalue weighted by Gasteiger charge is 2.25. The second-order valence-corrected chi connectivity index (χ2v) is 7.97. The summed E-state index contributed by atoms with van der Waals surface area (Å²) in [6.45, 7) is 6.96. The highest BCUT2D eigenvalue weighted by atomic mass is 127. The van der Waals surface area contributed by atoms with Crippen molar-refractivity contribution in [1.82, 2.24) is 20.6 Å². The zero-order valence-corrected chi connectivity index (χ0v) is 21.3. The van der Waals surface area contributed by atoms with Crippen molar-refractivity contribution in [3.8, 4) is 11.3 Å². The number of guanidine groups is 1. The highest BCUT2D eigenvalue weighted by molar-refractivity contribution is 14.0. The molecule has 2 N–H and O–H groups in total. The topological polar surface area (TPSA) is 78.6 Å². The van der Waals surface area contributed by atoms with E-state index in [-0.39, 0.29) is 30.0 Å². The van der Waals surface area contributed by atoms with E-state index in [1.165, 1.54) is 5.56 Å². The molecule has 3 aromatic rings. The second-order valence-electron chi connectivity index (χ2n) is 7.56. The summed E-state index contributed by atoms with van der Waals surface area (Å²) in [4.78, 5) is 15.7. The first-order valence-corrected chi connectivity index (χ1v) is 10.9. The molecule has 1 fully saturated rings. The van der Waals surface area contributed by atoms with Crippen LogP contribution in [0.3, 0.4) is 0 Å². The molecule has 1 atom stereocenters. The van der Waals surface area contributed by atoms with Gasteiger partial charge in [0.05, 0.1) is 11.2 Å². The molecule has 0 amide bonds. The van der Waals surface area contributed by atoms with E-state index in [0.717, 1.165) is 49.2 Å². The average molecular weight is 567 g/mol. The summed E-state index contributed by atoms with van der Waals surface area (Å²) >= 11 is 6.30. The predicted molar refractivity (Wildman–Crippen MR) is 140 cm³/mol. The van der Waals surface area contributed by atoms with Gasteiger partial charge in [0.25, 0.3) is 0 Å². The smallest absolute Gasteiger partial charge is 0.216 e. The Labute approximate surface area is 210 Å². The number of aromatic nitrogens is 2. The Balaban J connectivity index is 0.00000289. The number of hydrogen-bond acceptors (Lipinski definition) is 5. The first-order chi connectivity index (χ1) is 15.1. The number of halogens is 2. The van der Waals surface area contributed by atoms with Gasteiger partial charge in [-0.2, -0.15) is 0 Å². The number of oxazole rings is 1. The molecule has 1 unspecified atom stereocenters. The number of benzene rings is 1. The Morgan fingerprint density at radius 2 is 2.06 bits per heavy atom. The molecular formula is C23H28ClIN6O. The maximum absolute atomic E-state index is 6.30. The molecule has 7 nitrogen and oxygen atoms in total. The van der Waals surface area contributed by atoms with Crippen molar-refractivity contribution in [3.05, 3.63) is 65.3 Å². The van der Waals surface area contributed by atoms with Crippen LogP contribution in [0.2, 0.25) is 5.02 Å². The van der Waals surface area contributed by atoms with E-state index >= 15 is 0 Å². The highest BCUT2D eigenvalue weighted by Crippen LogP contribution is 2.26. The first-order valence-electron chi connectivity index (χ1n) is 10.5. The fourth-order valence-corrected chi connectivity index (χ4v) is 3.82. The zero-order chi connectivity index (χ0) is 21.6. The molecule has 0 bridgehead atoms. The Kier molecular flexibility index (Phi) is 8.75. The number of rotatable bonds is 6. The minimum Gasteiger partial charge on any atom is -0.439 e. The van der Waals surface area contributed by atoms with Gasteiger partial charge in [-0.25, -0.2) is 15.0 Å². The van der Waals surface area contributed by atoms with Crippen molar-refractivity contribution in [3.63, 3.8) is 0 Å². The first kappa shape index (κ1) is 24.3. The van der Waals surface area contributed by atoms with Crippen LogP contribution in [0.25, 0.3) is 11.3 Å². The van der Waals surface area contributed by atoms with Crippen LogP contribution in [0.4, 0.5) is 5.82 Å². The van der Waals surface area contributed by atoms with Gasteiger partial charge in [-0.05, 0) is 32.4 Å². The lowest BCUT2D eigenvalue weighted by atomic mass is 10.1. The standard InChI is InChI=1S/C23H27ClN6O.HI/c1-3-25-23(29-18-10-12-30(15-18)22-19(24)5-4-11-26-22)28-14-21-27-13-20(31-21)17-8-6-16(2)7-9-17;/h4-9,11,13,18H,3,10,12,14-15H2,1-2H3,(H2,25,28,29);1H. The lowest BCUT2D eigenvalue weighted by molar-refractivity contribution is 0.508. The van der Waals surface area contributed by atoms with Gasteiger partial charge in [-0.1, -0.05) is 41.4 Å². The molecule has 0 radical (unpaired) electrons. The van der Waals surface area contributed by atoms with Crippen LogP contribution in [0.15, 0.2) is 58.2 Å². The summed E-state index contributed by atoms with van der Waals surface area (Å²) in [6, 6.07) is 12.2. The molecule has 0 saturated carbocycles. The Morgan fingerprint density at radius 3 is 2.81 bits per heavy atom. The molecule has 1 aliphatic heterocycles. The van der Waals surface area contributed by atoms with Crippen molar-refractivity contribution >= 4 is 47.4 Å².